The van der Waals surface area contributed by atoms with E-state index < -0.39 is 0 Å². The Morgan fingerprint density at radius 1 is 1.12 bits per heavy atom. The van der Waals surface area contributed by atoms with Crippen LogP contribution >= 0.6 is 0 Å². The number of nitrogens with two attached hydrogens (primary N) is 1. The zero-order valence-electron chi connectivity index (χ0n) is 13.5. The van der Waals surface area contributed by atoms with Crippen LogP contribution in [0.1, 0.15) is 15.9 Å². The lowest BCUT2D eigenvalue weighted by atomic mass is 10.1. The Morgan fingerprint density at radius 2 is 1.88 bits per heavy atom. The van der Waals surface area contributed by atoms with E-state index in [1.807, 2.05) is 36.4 Å². The molecule has 0 aliphatic heterocycles. The first kappa shape index (κ1) is 15.8. The van der Waals surface area contributed by atoms with Crippen molar-refractivity contribution in [1.82, 2.24) is 9.88 Å². The molecule has 1 amide bonds. The van der Waals surface area contributed by atoms with Gasteiger partial charge in [-0.2, -0.15) is 0 Å². The minimum atomic E-state index is -0.378. The summed E-state index contributed by atoms with van der Waals surface area (Å²) in [6.07, 6.45) is 2.27. The summed E-state index contributed by atoms with van der Waals surface area (Å²) in [4.78, 5) is 25.0. The van der Waals surface area contributed by atoms with Crippen LogP contribution in [-0.2, 0) is 13.5 Å². The summed E-state index contributed by atoms with van der Waals surface area (Å²) in [5, 5.41) is 3.19. The van der Waals surface area contributed by atoms with Gasteiger partial charge < -0.3 is 15.6 Å². The van der Waals surface area contributed by atoms with E-state index in [0.29, 0.717) is 29.6 Å². The molecule has 0 unspecified atom stereocenters. The normalized spacial score (nSPS) is 10.7. The van der Waals surface area contributed by atoms with Gasteiger partial charge in [0.05, 0.1) is 10.9 Å². The minimum Gasteiger partial charge on any atom is -0.398 e. The van der Waals surface area contributed by atoms with E-state index in [1.165, 1.54) is 0 Å². The van der Waals surface area contributed by atoms with Crippen molar-refractivity contribution < 1.29 is 4.79 Å². The monoisotopic (exact) mass is 321 g/mol. The van der Waals surface area contributed by atoms with Crippen LogP contribution in [0, 0.1) is 0 Å². The van der Waals surface area contributed by atoms with Gasteiger partial charge >= 0.3 is 0 Å². The number of anilines is 1. The lowest BCUT2D eigenvalue weighted by Gasteiger charge is -2.11. The van der Waals surface area contributed by atoms with E-state index in [-0.39, 0.29) is 16.9 Å². The number of nitrogen functional groups attached to an aromatic ring is 1. The first-order valence-electron chi connectivity index (χ1n) is 7.78. The number of nitrogens with one attached hydrogen (secondary N) is 1. The molecular weight excluding hydrogens is 302 g/mol. The van der Waals surface area contributed by atoms with Crippen molar-refractivity contribution in [3.8, 4) is 0 Å². The average molecular weight is 321 g/mol. The zero-order chi connectivity index (χ0) is 17.1. The molecule has 0 radical (unpaired) electrons. The molecule has 3 N–H and O–H groups in total. The van der Waals surface area contributed by atoms with Crippen LogP contribution in [0.25, 0.3) is 10.9 Å². The van der Waals surface area contributed by atoms with E-state index in [1.54, 1.807) is 29.9 Å². The van der Waals surface area contributed by atoms with Crippen molar-refractivity contribution in [2.24, 2.45) is 7.05 Å². The molecule has 0 saturated carbocycles. The Labute approximate surface area is 139 Å². The number of nitrogens with zero attached hydrogens (tertiary/aromatic N) is 1. The van der Waals surface area contributed by atoms with Gasteiger partial charge in [0, 0.05) is 25.5 Å². The van der Waals surface area contributed by atoms with Crippen molar-refractivity contribution in [2.45, 2.75) is 6.42 Å². The van der Waals surface area contributed by atoms with Crippen LogP contribution in [0.15, 0.2) is 59.5 Å². The Balaban J connectivity index is 1.84. The minimum absolute atomic E-state index is 0.107. The van der Waals surface area contributed by atoms with Crippen LogP contribution in [0.5, 0.6) is 0 Å². The predicted octanol–water partition coefficient (Wildman–Crippen LogP) is 2.09. The molecule has 0 saturated heterocycles. The maximum absolute atomic E-state index is 12.6. The molecule has 0 aliphatic rings. The van der Waals surface area contributed by atoms with Crippen LogP contribution < -0.4 is 16.5 Å². The van der Waals surface area contributed by atoms with Gasteiger partial charge in [-0.05, 0) is 24.1 Å². The summed E-state index contributed by atoms with van der Waals surface area (Å²) in [6.45, 7) is 0.467. The van der Waals surface area contributed by atoms with Gasteiger partial charge in [-0.1, -0.05) is 36.4 Å². The number of rotatable bonds is 4. The van der Waals surface area contributed by atoms with Gasteiger partial charge in [0.15, 0.2) is 0 Å². The van der Waals surface area contributed by atoms with Crippen molar-refractivity contribution in [2.75, 3.05) is 12.3 Å². The van der Waals surface area contributed by atoms with Gasteiger partial charge in [0.1, 0.15) is 5.56 Å². The standard InChI is InChI=1S/C19H19N3O2/c1-22-12-14(18(23)17-15(20)8-5-9-16(17)22)19(24)21-11-10-13-6-3-2-4-7-13/h2-9,12H,10-11,20H2,1H3,(H,21,24). The number of fused-ring (bicyclic) bond motifs is 1. The largest absolute Gasteiger partial charge is 0.398 e. The quantitative estimate of drug-likeness (QED) is 0.722. The number of aromatic nitrogens is 1. The Kier molecular flexibility index (Phi) is 4.33. The Bertz CT molecular complexity index is 946. The number of benzene rings is 2. The number of hydrogen-bond donors (Lipinski definition) is 2. The summed E-state index contributed by atoms with van der Waals surface area (Å²) in [5.74, 6) is -0.378. The van der Waals surface area contributed by atoms with E-state index >= 15 is 0 Å². The summed E-state index contributed by atoms with van der Waals surface area (Å²) in [5.41, 5.74) is 7.92. The van der Waals surface area contributed by atoms with Crippen molar-refractivity contribution in [3.05, 3.63) is 76.1 Å². The molecular formula is C19H19N3O2. The van der Waals surface area contributed by atoms with Gasteiger partial charge in [-0.15, -0.1) is 0 Å². The highest BCUT2D eigenvalue weighted by Gasteiger charge is 2.15. The van der Waals surface area contributed by atoms with Crippen LogP contribution in [0.3, 0.4) is 0 Å². The first-order chi connectivity index (χ1) is 11.6. The lowest BCUT2D eigenvalue weighted by Crippen LogP contribution is -2.31. The predicted molar refractivity (Wildman–Crippen MR) is 96.1 cm³/mol. The molecule has 1 aromatic heterocycles. The van der Waals surface area contributed by atoms with Crippen LogP contribution in [0.2, 0.25) is 0 Å². The number of aryl methyl sites for hydroxylation is 1. The summed E-state index contributed by atoms with van der Waals surface area (Å²) >= 11 is 0. The van der Waals surface area contributed by atoms with E-state index in [0.717, 1.165) is 5.56 Å². The molecule has 0 bridgehead atoms. The van der Waals surface area contributed by atoms with E-state index in [2.05, 4.69) is 5.32 Å². The zero-order valence-corrected chi connectivity index (χ0v) is 13.5. The van der Waals surface area contributed by atoms with Gasteiger partial charge in [-0.3, -0.25) is 9.59 Å². The van der Waals surface area contributed by atoms with Crippen molar-refractivity contribution >= 4 is 22.5 Å². The fourth-order valence-electron chi connectivity index (χ4n) is 2.78. The SMILES string of the molecule is Cn1cc(C(=O)NCCc2ccccc2)c(=O)c2c(N)cccc21. The molecule has 1 heterocycles. The molecule has 0 fully saturated rings. The smallest absolute Gasteiger partial charge is 0.256 e. The fourth-order valence-corrected chi connectivity index (χ4v) is 2.78. The van der Waals surface area contributed by atoms with Gasteiger partial charge in [0.2, 0.25) is 5.43 Å². The molecule has 24 heavy (non-hydrogen) atoms. The highest BCUT2D eigenvalue weighted by molar-refractivity contribution is 6.00. The molecule has 2 aromatic carbocycles. The summed E-state index contributed by atoms with van der Waals surface area (Å²) in [7, 11) is 1.79. The highest BCUT2D eigenvalue weighted by atomic mass is 16.2. The van der Waals surface area contributed by atoms with Gasteiger partial charge in [0.25, 0.3) is 5.91 Å². The second-order valence-electron chi connectivity index (χ2n) is 5.72. The number of hydrogen-bond acceptors (Lipinski definition) is 3. The second-order valence-corrected chi connectivity index (χ2v) is 5.72. The topological polar surface area (TPSA) is 77.1 Å². The molecule has 0 atom stereocenters. The van der Waals surface area contributed by atoms with Crippen LogP contribution in [-0.4, -0.2) is 17.0 Å². The van der Waals surface area contributed by atoms with Crippen molar-refractivity contribution in [3.63, 3.8) is 0 Å². The summed E-state index contributed by atoms with van der Waals surface area (Å²) < 4.78 is 1.75. The molecule has 122 valence electrons. The third kappa shape index (κ3) is 3.01. The highest BCUT2D eigenvalue weighted by Crippen LogP contribution is 2.17. The molecule has 3 aromatic rings. The van der Waals surface area contributed by atoms with Crippen molar-refractivity contribution in [1.29, 1.82) is 0 Å². The molecule has 5 heteroatoms. The number of carbonyl (C=O) groups excluding carboxylic acids is 1. The van der Waals surface area contributed by atoms with Gasteiger partial charge in [-0.25, -0.2) is 0 Å². The molecule has 0 aliphatic carbocycles. The molecule has 0 spiro atoms. The Morgan fingerprint density at radius 3 is 2.62 bits per heavy atom. The number of amides is 1. The first-order valence-corrected chi connectivity index (χ1v) is 7.78. The molecule has 3 rings (SSSR count). The lowest BCUT2D eigenvalue weighted by molar-refractivity contribution is 0.0952. The van der Waals surface area contributed by atoms with Crippen LogP contribution in [0.4, 0.5) is 5.69 Å². The average Bonchev–Trinajstić information content (AvgIpc) is 2.59. The second kappa shape index (κ2) is 6.58. The third-order valence-electron chi connectivity index (χ3n) is 4.04. The third-order valence-corrected chi connectivity index (χ3v) is 4.04. The summed E-state index contributed by atoms with van der Waals surface area (Å²) in [6, 6.07) is 15.1. The maximum Gasteiger partial charge on any atom is 0.256 e. The number of carbonyl (C=O) groups is 1. The van der Waals surface area contributed by atoms with E-state index in [4.69, 9.17) is 5.73 Å². The van der Waals surface area contributed by atoms with E-state index in [9.17, 15) is 9.59 Å². The number of pyridine rings is 1. The maximum atomic E-state index is 12.6. The molecule has 5 nitrogen and oxygen atoms in total. The fraction of sp³-hybridized carbons (Fsp3) is 0.158. The Hall–Kier alpha value is -3.08.